The molecule has 0 aliphatic heterocycles. The maximum Gasteiger partial charge on any atom is 0.415 e. The summed E-state index contributed by atoms with van der Waals surface area (Å²) in [4.78, 5) is 11.4. The molecule has 9 aromatic carbocycles. The molecule has 0 N–H and O–H groups in total. The van der Waals surface area contributed by atoms with Gasteiger partial charge in [-0.25, -0.2) is 14.5 Å². The van der Waals surface area contributed by atoms with E-state index in [1.165, 1.54) is 6.07 Å². The highest BCUT2D eigenvalue weighted by atomic mass is 19.4. The summed E-state index contributed by atoms with van der Waals surface area (Å²) in [6, 6.07) is 60.2. The van der Waals surface area contributed by atoms with Gasteiger partial charge < -0.3 is 9.13 Å². The van der Waals surface area contributed by atoms with Gasteiger partial charge >= 0.3 is 6.18 Å². The van der Waals surface area contributed by atoms with E-state index >= 15 is 0 Å². The lowest BCUT2D eigenvalue weighted by atomic mass is 9.94. The normalized spacial score (nSPS) is 11.4. The first kappa shape index (κ1) is 41.1. The van der Waals surface area contributed by atoms with Crippen LogP contribution in [0.5, 0.6) is 0 Å². The Balaban J connectivity index is 1.18. The Hall–Kier alpha value is -9.67. The van der Waals surface area contributed by atoms with Gasteiger partial charge in [0, 0.05) is 32.8 Å². The van der Waals surface area contributed by atoms with Crippen molar-refractivity contribution in [3.05, 3.63) is 233 Å². The highest BCUT2D eigenvalue weighted by Crippen LogP contribution is 2.46. The van der Waals surface area contributed by atoms with Crippen LogP contribution in [0.15, 0.2) is 188 Å². The van der Waals surface area contributed by atoms with E-state index < -0.39 is 11.7 Å². The Bertz CT molecular complexity index is 4090. The molecular weight excluding hydrogens is 850 g/mol. The topological polar surface area (TPSA) is 46.7 Å². The standard InChI is InChI=1S/C59H31F3N6/c1-64-51-17-9-6-14-43(51)37-21-28-57-49(31-37)46-16-8-11-19-55(46)68(57)58-29-22-38(44-25-23-40(59(60,61)62)33-53(44)66-3)32-50(58)47-34-41(24-26-52(47)65-2)67-54-18-10-7-15-45(54)48-30-36(20-27-56(48)67)42-13-5-4-12-39(42)35-63/h4-34H. The zero-order valence-electron chi connectivity index (χ0n) is 35.7. The maximum atomic E-state index is 13.9. The van der Waals surface area contributed by atoms with Crippen LogP contribution in [0.25, 0.3) is 114 Å². The Morgan fingerprint density at radius 3 is 1.62 bits per heavy atom. The number of halogens is 3. The summed E-state index contributed by atoms with van der Waals surface area (Å²) in [5, 5.41) is 13.8. The second-order valence-corrected chi connectivity index (χ2v) is 16.3. The zero-order valence-corrected chi connectivity index (χ0v) is 35.7. The quantitative estimate of drug-likeness (QED) is 0.154. The number of aromatic nitrogens is 2. The fourth-order valence-electron chi connectivity index (χ4n) is 9.60. The summed E-state index contributed by atoms with van der Waals surface area (Å²) >= 11 is 0. The molecule has 0 amide bonds. The van der Waals surface area contributed by atoms with Crippen molar-refractivity contribution >= 4 is 60.7 Å². The molecule has 0 spiro atoms. The molecule has 0 saturated carbocycles. The minimum atomic E-state index is -4.64. The van der Waals surface area contributed by atoms with Gasteiger partial charge in [0.1, 0.15) is 0 Å². The van der Waals surface area contributed by atoms with E-state index in [-0.39, 0.29) is 5.69 Å². The highest BCUT2D eigenvalue weighted by Gasteiger charge is 2.31. The van der Waals surface area contributed by atoms with Crippen LogP contribution in [0.1, 0.15) is 11.1 Å². The van der Waals surface area contributed by atoms with Crippen LogP contribution in [0.4, 0.5) is 30.2 Å². The molecule has 0 saturated heterocycles. The molecule has 68 heavy (non-hydrogen) atoms. The minimum absolute atomic E-state index is 0.149. The second kappa shape index (κ2) is 16.1. The van der Waals surface area contributed by atoms with E-state index in [2.05, 4.69) is 54.0 Å². The van der Waals surface area contributed by atoms with Gasteiger partial charge in [0.2, 0.25) is 0 Å². The Kier molecular flexibility index (Phi) is 9.72. The lowest BCUT2D eigenvalue weighted by molar-refractivity contribution is -0.137. The predicted octanol–water partition coefficient (Wildman–Crippen LogP) is 17.1. The summed E-state index contributed by atoms with van der Waals surface area (Å²) in [6.45, 7) is 24.3. The lowest BCUT2D eigenvalue weighted by Gasteiger charge is -2.19. The molecule has 11 aromatic rings. The molecule has 0 unspecified atom stereocenters. The summed E-state index contributed by atoms with van der Waals surface area (Å²) in [7, 11) is 0. The van der Waals surface area contributed by atoms with Crippen LogP contribution in [-0.4, -0.2) is 9.13 Å². The molecule has 9 heteroatoms. The van der Waals surface area contributed by atoms with Crippen LogP contribution in [0.3, 0.4) is 0 Å². The van der Waals surface area contributed by atoms with Gasteiger partial charge in [-0.2, -0.15) is 18.4 Å². The first-order chi connectivity index (χ1) is 33.2. The maximum absolute atomic E-state index is 13.9. The van der Waals surface area contributed by atoms with Crippen LogP contribution < -0.4 is 0 Å². The number of alkyl halides is 3. The number of rotatable bonds is 6. The van der Waals surface area contributed by atoms with E-state index in [0.717, 1.165) is 83.7 Å². The number of benzene rings is 9. The molecular formula is C59H31F3N6. The van der Waals surface area contributed by atoms with Crippen LogP contribution >= 0.6 is 0 Å². The van der Waals surface area contributed by atoms with Gasteiger partial charge in [-0.15, -0.1) is 0 Å². The number of nitrogens with zero attached hydrogens (tertiary/aromatic N) is 6. The lowest BCUT2D eigenvalue weighted by Crippen LogP contribution is -2.04. The number of nitriles is 1. The van der Waals surface area contributed by atoms with Gasteiger partial charge in [0.05, 0.1) is 59.1 Å². The van der Waals surface area contributed by atoms with Crippen molar-refractivity contribution < 1.29 is 13.2 Å². The van der Waals surface area contributed by atoms with Gasteiger partial charge in [-0.3, -0.25) is 0 Å². The van der Waals surface area contributed by atoms with Crippen molar-refractivity contribution in [2.24, 2.45) is 0 Å². The third-order valence-electron chi connectivity index (χ3n) is 12.7. The molecule has 2 aromatic heterocycles. The van der Waals surface area contributed by atoms with Crippen molar-refractivity contribution in [3.63, 3.8) is 0 Å². The molecule has 11 rings (SSSR count). The van der Waals surface area contributed by atoms with Gasteiger partial charge in [-0.05, 0) is 117 Å². The van der Waals surface area contributed by atoms with Gasteiger partial charge in [0.25, 0.3) is 0 Å². The van der Waals surface area contributed by atoms with Crippen molar-refractivity contribution in [1.82, 2.24) is 9.13 Å². The van der Waals surface area contributed by atoms with E-state index in [9.17, 15) is 18.4 Å². The Morgan fingerprint density at radius 2 is 0.941 bits per heavy atom. The largest absolute Gasteiger partial charge is 0.415 e. The molecule has 2 heterocycles. The smallest absolute Gasteiger partial charge is 0.309 e. The average molecular weight is 881 g/mol. The fraction of sp³-hybridized carbons (Fsp3) is 0.0169. The number of fused-ring (bicyclic) bond motifs is 6. The van der Waals surface area contributed by atoms with E-state index in [1.807, 2.05) is 127 Å². The zero-order chi connectivity index (χ0) is 46.7. The number of hydrogen-bond donors (Lipinski definition) is 0. The van der Waals surface area contributed by atoms with E-state index in [0.29, 0.717) is 44.9 Å². The SMILES string of the molecule is [C-]#[N+]c1ccccc1-c1ccc2c(c1)c1ccccc1n2-c1ccc(-c2ccc(C(F)(F)F)cc2[N+]#[C-])cc1-c1cc(-n2c3ccccc3c3cc(-c4ccccc4C#N)ccc32)ccc1[N+]#[C-]. The minimum Gasteiger partial charge on any atom is -0.309 e. The molecule has 0 bridgehead atoms. The van der Waals surface area contributed by atoms with Crippen LogP contribution in [0.2, 0.25) is 0 Å². The number of para-hydroxylation sites is 3. The second-order valence-electron chi connectivity index (χ2n) is 16.3. The first-order valence-electron chi connectivity index (χ1n) is 21.5. The summed E-state index contributed by atoms with van der Waals surface area (Å²) in [5.74, 6) is 0. The molecule has 0 atom stereocenters. The Labute approximate surface area is 388 Å². The molecule has 0 fully saturated rings. The van der Waals surface area contributed by atoms with Crippen molar-refractivity contribution in [2.45, 2.75) is 6.18 Å². The average Bonchev–Trinajstić information content (AvgIpc) is 3.89. The fourth-order valence-corrected chi connectivity index (χ4v) is 9.60. The third-order valence-corrected chi connectivity index (χ3v) is 12.7. The van der Waals surface area contributed by atoms with Gasteiger partial charge in [0.15, 0.2) is 17.1 Å². The molecule has 0 aliphatic rings. The summed E-state index contributed by atoms with van der Waals surface area (Å²) in [5.41, 5.74) is 10.9. The predicted molar refractivity (Wildman–Crippen MR) is 265 cm³/mol. The molecule has 318 valence electrons. The highest BCUT2D eigenvalue weighted by molar-refractivity contribution is 6.13. The Morgan fingerprint density at radius 1 is 0.412 bits per heavy atom. The number of hydrogen-bond acceptors (Lipinski definition) is 1. The van der Waals surface area contributed by atoms with Crippen LogP contribution in [-0.2, 0) is 6.18 Å². The monoisotopic (exact) mass is 880 g/mol. The third kappa shape index (κ3) is 6.63. The summed E-state index contributed by atoms with van der Waals surface area (Å²) < 4.78 is 46.1. The molecule has 0 aliphatic carbocycles. The molecule has 0 radical (unpaired) electrons. The molecule has 6 nitrogen and oxygen atoms in total. The van der Waals surface area contributed by atoms with Crippen molar-refractivity contribution in [3.8, 4) is 62.0 Å². The van der Waals surface area contributed by atoms with Gasteiger partial charge in [-0.1, -0.05) is 115 Å². The van der Waals surface area contributed by atoms with Crippen molar-refractivity contribution in [1.29, 1.82) is 5.26 Å². The van der Waals surface area contributed by atoms with Crippen LogP contribution in [0, 0.1) is 31.0 Å². The van der Waals surface area contributed by atoms with E-state index in [4.69, 9.17) is 19.7 Å². The van der Waals surface area contributed by atoms with E-state index in [1.54, 1.807) is 18.2 Å². The van der Waals surface area contributed by atoms with Crippen molar-refractivity contribution in [2.75, 3.05) is 0 Å². The first-order valence-corrected chi connectivity index (χ1v) is 21.5. The summed E-state index contributed by atoms with van der Waals surface area (Å²) in [6.07, 6.45) is -4.64.